The molecule has 0 aliphatic rings. The Kier molecular flexibility index (Phi) is 26.9. The lowest BCUT2D eigenvalue weighted by Gasteiger charge is -2.10. The minimum absolute atomic E-state index is 0.705. The topological polar surface area (TPSA) is 177 Å². The van der Waals surface area contributed by atoms with Gasteiger partial charge < -0.3 is 0 Å². The zero-order valence-electron chi connectivity index (χ0n) is 73.0. The lowest BCUT2D eigenvalue weighted by Crippen LogP contribution is -2.00. The van der Waals surface area contributed by atoms with E-state index in [0.717, 1.165) is 135 Å². The molecule has 0 amide bonds. The van der Waals surface area contributed by atoms with E-state index in [1.807, 2.05) is 241 Å². The standard InChI is InChI=1S/C25H18N2.C24H17N3.C21H16N2.C15H13N3.C12H11N.C9H9N3.C8H7NS/c1-17-26-24(21-14-13-18-7-2-3-9-20(18)15-21)16-25(27-17)23-12-6-10-19-8-4-5-11-22(19)23;1-16-25-23(20-14-13-17-7-2-3-9-19(17)15-20)27-24(26-16)22-12-6-10-18-8-4-5-11-21(18)22;1-15-22-20-10-6-5-9-19(20)21(23-15)18-13-11-17(12-14-18)16-7-3-2-4-8-16;1-12-16-17-15(13-8-4-2-5-9-13)18(12)14-10-6-3-7-11-14;1-10-6-5-9-12(13-10)11-7-3-2-4-8-11;1-8-11-10-7-12(8)9-5-3-2-4-6-9;1-6-9-7-4-2-3-5-8(7)10-6/h2-16H,1H3;2-15H,1H3;2-14H,1H3;2-11H,1H3;2-9H,1H3;2-7H,1H3;2-5H,1H3. The summed E-state index contributed by atoms with van der Waals surface area (Å²) in [6, 6.07) is 143. The number of para-hydroxylation sites is 4. The summed E-state index contributed by atoms with van der Waals surface area (Å²) in [6.07, 6.45) is 1.71. The molecule has 0 unspecified atom stereocenters. The highest BCUT2D eigenvalue weighted by atomic mass is 32.1. The minimum atomic E-state index is 0.705. The second-order valence-electron chi connectivity index (χ2n) is 30.9. The molecule has 0 aliphatic carbocycles. The van der Waals surface area contributed by atoms with Gasteiger partial charge in [0.25, 0.3) is 0 Å². The van der Waals surface area contributed by atoms with Crippen molar-refractivity contribution >= 4 is 75.5 Å². The van der Waals surface area contributed by atoms with Crippen LogP contribution in [-0.2, 0) is 0 Å². The molecule has 0 bridgehead atoms. The molecule has 16 heteroatoms. The van der Waals surface area contributed by atoms with E-state index in [0.29, 0.717) is 11.6 Å². The Morgan fingerprint density at radius 1 is 0.246 bits per heavy atom. The van der Waals surface area contributed by atoms with Crippen molar-refractivity contribution in [3.8, 4) is 102 Å². The fraction of sp³-hybridized carbons (Fsp3) is 0.0614. The lowest BCUT2D eigenvalue weighted by molar-refractivity contribution is 0.969. The monoisotopic (exact) mass is 1700 g/mol. The summed E-state index contributed by atoms with van der Waals surface area (Å²) in [5.41, 5.74) is 19.4. The van der Waals surface area contributed by atoms with Gasteiger partial charge in [-0.3, -0.25) is 14.1 Å². The number of hydrogen-bond acceptors (Lipinski definition) is 14. The summed E-state index contributed by atoms with van der Waals surface area (Å²) in [5.74, 6) is 6.38. The van der Waals surface area contributed by atoms with Crippen molar-refractivity contribution in [2.24, 2.45) is 0 Å². The summed E-state index contributed by atoms with van der Waals surface area (Å²) < 4.78 is 5.29. The van der Waals surface area contributed by atoms with Crippen LogP contribution in [0.4, 0.5) is 0 Å². The van der Waals surface area contributed by atoms with Gasteiger partial charge >= 0.3 is 0 Å². The predicted molar refractivity (Wildman–Crippen MR) is 535 cm³/mol. The normalized spacial score (nSPS) is 10.7. The molecule has 130 heavy (non-hydrogen) atoms. The van der Waals surface area contributed by atoms with Crippen LogP contribution in [-0.4, -0.2) is 74.4 Å². The number of fused-ring (bicyclic) bond motifs is 6. The van der Waals surface area contributed by atoms with Gasteiger partial charge in [0.15, 0.2) is 17.5 Å². The van der Waals surface area contributed by atoms with E-state index in [1.165, 1.54) is 59.1 Å². The van der Waals surface area contributed by atoms with Gasteiger partial charge in [-0.15, -0.1) is 31.7 Å². The number of aryl methyl sites for hydroxylation is 7. The van der Waals surface area contributed by atoms with Gasteiger partial charge in [-0.25, -0.2) is 39.9 Å². The average Bonchev–Trinajstić information content (AvgIpc) is 1.02. The molecule has 23 rings (SSSR count). The Balaban J connectivity index is 0.000000109. The van der Waals surface area contributed by atoms with Crippen LogP contribution in [0, 0.1) is 48.5 Å². The van der Waals surface area contributed by atoms with Crippen molar-refractivity contribution in [3.63, 3.8) is 0 Å². The molecule has 0 saturated carbocycles. The Bertz CT molecular complexity index is 7510. The second-order valence-corrected chi connectivity index (χ2v) is 32.1. The second kappa shape index (κ2) is 41.0. The molecule has 7 heterocycles. The van der Waals surface area contributed by atoms with Crippen molar-refractivity contribution in [2.45, 2.75) is 48.5 Å². The molecule has 0 saturated heterocycles. The molecule has 16 aromatic carbocycles. The van der Waals surface area contributed by atoms with Gasteiger partial charge in [-0.2, -0.15) is 0 Å². The third-order valence-electron chi connectivity index (χ3n) is 21.7. The Morgan fingerprint density at radius 3 is 1.35 bits per heavy atom. The first kappa shape index (κ1) is 85.5. The van der Waals surface area contributed by atoms with E-state index in [9.17, 15) is 0 Å². The van der Waals surface area contributed by atoms with Crippen LogP contribution in [0.5, 0.6) is 0 Å². The van der Waals surface area contributed by atoms with Gasteiger partial charge in [0.2, 0.25) is 0 Å². The molecule has 0 aliphatic heterocycles. The zero-order valence-corrected chi connectivity index (χ0v) is 73.8. The van der Waals surface area contributed by atoms with E-state index in [-0.39, 0.29) is 0 Å². The summed E-state index contributed by atoms with van der Waals surface area (Å²) >= 11 is 1.74. The number of thiazole rings is 1. The highest BCUT2D eigenvalue weighted by Crippen LogP contribution is 2.35. The van der Waals surface area contributed by atoms with Crippen molar-refractivity contribution in [3.05, 3.63) is 465 Å². The molecule has 0 spiro atoms. The number of rotatable bonds is 10. The summed E-state index contributed by atoms with van der Waals surface area (Å²) in [5, 5.41) is 28.0. The fourth-order valence-corrected chi connectivity index (χ4v) is 16.3. The summed E-state index contributed by atoms with van der Waals surface area (Å²) in [6.45, 7) is 13.7. The van der Waals surface area contributed by atoms with E-state index < -0.39 is 0 Å². The average molecular weight is 1700 g/mol. The number of benzene rings is 16. The van der Waals surface area contributed by atoms with Gasteiger partial charge in [0.1, 0.15) is 35.4 Å². The van der Waals surface area contributed by atoms with Crippen LogP contribution < -0.4 is 0 Å². The molecule has 0 radical (unpaired) electrons. The van der Waals surface area contributed by atoms with Gasteiger partial charge in [0.05, 0.1) is 43.5 Å². The number of nitrogens with zero attached hydrogens (tertiary/aromatic N) is 15. The van der Waals surface area contributed by atoms with E-state index >= 15 is 0 Å². The van der Waals surface area contributed by atoms with E-state index in [4.69, 9.17) is 15.0 Å². The van der Waals surface area contributed by atoms with Crippen molar-refractivity contribution in [2.75, 3.05) is 0 Å². The fourth-order valence-electron chi connectivity index (χ4n) is 15.5. The van der Waals surface area contributed by atoms with E-state index in [2.05, 4.69) is 285 Å². The summed E-state index contributed by atoms with van der Waals surface area (Å²) in [4.78, 5) is 41.4. The van der Waals surface area contributed by atoms with Crippen molar-refractivity contribution in [1.82, 2.24) is 74.4 Å². The first-order chi connectivity index (χ1) is 63.8. The molecule has 15 nitrogen and oxygen atoms in total. The molecule has 0 N–H and O–H groups in total. The maximum atomic E-state index is 4.81. The Morgan fingerprint density at radius 2 is 0.715 bits per heavy atom. The molecule has 628 valence electrons. The van der Waals surface area contributed by atoms with Crippen LogP contribution in [0.2, 0.25) is 0 Å². The van der Waals surface area contributed by atoms with E-state index in [1.54, 1.807) is 17.7 Å². The molecule has 0 atom stereocenters. The smallest absolute Gasteiger partial charge is 0.168 e. The maximum Gasteiger partial charge on any atom is 0.168 e. The zero-order chi connectivity index (χ0) is 88.9. The first-order valence-corrected chi connectivity index (χ1v) is 43.8. The van der Waals surface area contributed by atoms with Gasteiger partial charge in [-0.05, 0) is 175 Å². The van der Waals surface area contributed by atoms with Crippen LogP contribution in [0.25, 0.3) is 166 Å². The molecule has 23 aromatic rings. The largest absolute Gasteiger partial charge is 0.286 e. The number of aromatic nitrogens is 15. The lowest BCUT2D eigenvalue weighted by atomic mass is 10.00. The molecule has 0 fully saturated rings. The first-order valence-electron chi connectivity index (χ1n) is 43.0. The predicted octanol–water partition coefficient (Wildman–Crippen LogP) is 28.0. The van der Waals surface area contributed by atoms with Gasteiger partial charge in [-0.1, -0.05) is 346 Å². The van der Waals surface area contributed by atoms with Crippen LogP contribution in [0.15, 0.2) is 425 Å². The maximum absolute atomic E-state index is 4.81. The highest BCUT2D eigenvalue weighted by molar-refractivity contribution is 7.18. The van der Waals surface area contributed by atoms with Gasteiger partial charge in [0, 0.05) is 61.4 Å². The Hall–Kier alpha value is -16.7. The van der Waals surface area contributed by atoms with Crippen LogP contribution >= 0.6 is 11.3 Å². The SMILES string of the molecule is Cc1cccc(-c2ccccc2)n1.Cc1nc(-c2ccc(-c3ccccc3)cc2)c2ccccc2n1.Cc1nc(-c2ccc3ccccc3c2)cc(-c2cccc3ccccc23)n1.Cc1nc(-c2ccc3ccccc3c2)nc(-c2cccc3ccccc23)n1.Cc1nc2ccccc2s1.Cc1nnc(-c2ccccc2)n1-c1ccccc1.Cc1nncn1-c1ccccc1. The number of hydrogen-bond donors (Lipinski definition) is 0. The van der Waals surface area contributed by atoms with Crippen LogP contribution in [0.3, 0.4) is 0 Å². The minimum Gasteiger partial charge on any atom is -0.286 e. The number of pyridine rings is 1. The summed E-state index contributed by atoms with van der Waals surface area (Å²) in [7, 11) is 0. The van der Waals surface area contributed by atoms with Crippen molar-refractivity contribution < 1.29 is 0 Å². The highest BCUT2D eigenvalue weighted by Gasteiger charge is 2.17. The Labute approximate surface area is 759 Å². The van der Waals surface area contributed by atoms with Crippen LogP contribution in [0.1, 0.15) is 39.8 Å². The third kappa shape index (κ3) is 20.9. The molecular weight excluding hydrogens is 1610 g/mol. The quantitative estimate of drug-likeness (QED) is 0.126. The molecule has 7 aromatic heterocycles. The molecular formula is C114H91N15S. The third-order valence-corrected chi connectivity index (χ3v) is 22.6. The van der Waals surface area contributed by atoms with Crippen molar-refractivity contribution in [1.29, 1.82) is 0 Å².